The van der Waals surface area contributed by atoms with Crippen molar-refractivity contribution in [3.63, 3.8) is 0 Å². The number of hydrogen-bond donors (Lipinski definition) is 2. The minimum atomic E-state index is -0.139. The Morgan fingerprint density at radius 1 is 1.50 bits per heavy atom. The highest BCUT2D eigenvalue weighted by molar-refractivity contribution is 5.79. The van der Waals surface area contributed by atoms with E-state index in [0.29, 0.717) is 12.6 Å². The van der Waals surface area contributed by atoms with Crippen molar-refractivity contribution in [2.24, 2.45) is 5.92 Å². The van der Waals surface area contributed by atoms with E-state index in [1.54, 1.807) is 0 Å². The molecule has 2 fully saturated rings. The number of carbonyl (C=O) groups is 1. The first-order valence-corrected chi connectivity index (χ1v) is 6.22. The van der Waals surface area contributed by atoms with E-state index >= 15 is 0 Å². The van der Waals surface area contributed by atoms with Gasteiger partial charge in [-0.2, -0.15) is 0 Å². The third kappa shape index (κ3) is 2.74. The first kappa shape index (κ1) is 11.9. The second-order valence-electron chi connectivity index (χ2n) is 5.44. The average Bonchev–Trinajstić information content (AvgIpc) is 2.65. The lowest BCUT2D eigenvalue weighted by Gasteiger charge is -2.30. The molecular formula is C12H22N2O2. The van der Waals surface area contributed by atoms with Gasteiger partial charge in [-0.3, -0.25) is 4.79 Å². The first-order valence-electron chi connectivity index (χ1n) is 6.22. The average molecular weight is 226 g/mol. The monoisotopic (exact) mass is 226 g/mol. The van der Waals surface area contributed by atoms with E-state index in [4.69, 9.17) is 4.74 Å². The molecule has 2 saturated heterocycles. The Morgan fingerprint density at radius 2 is 2.31 bits per heavy atom. The zero-order chi connectivity index (χ0) is 11.6. The van der Waals surface area contributed by atoms with Gasteiger partial charge in [0.2, 0.25) is 5.91 Å². The Morgan fingerprint density at radius 3 is 2.88 bits per heavy atom. The van der Waals surface area contributed by atoms with Crippen LogP contribution in [-0.4, -0.2) is 37.2 Å². The van der Waals surface area contributed by atoms with E-state index in [1.807, 2.05) is 0 Å². The summed E-state index contributed by atoms with van der Waals surface area (Å²) in [6, 6.07) is 0.550. The van der Waals surface area contributed by atoms with Crippen LogP contribution in [-0.2, 0) is 9.53 Å². The molecule has 16 heavy (non-hydrogen) atoms. The van der Waals surface area contributed by atoms with Crippen molar-refractivity contribution < 1.29 is 9.53 Å². The molecule has 92 valence electrons. The Kier molecular flexibility index (Phi) is 3.50. The fraction of sp³-hybridized carbons (Fsp3) is 0.917. The fourth-order valence-corrected chi connectivity index (χ4v) is 2.39. The molecule has 0 aromatic rings. The number of ether oxygens (including phenoxy) is 1. The molecular weight excluding hydrogens is 204 g/mol. The number of carbonyl (C=O) groups excluding carboxylic acids is 1. The highest BCUT2D eigenvalue weighted by Gasteiger charge is 2.34. The summed E-state index contributed by atoms with van der Waals surface area (Å²) in [5, 5.41) is 6.49. The number of rotatable bonds is 2. The van der Waals surface area contributed by atoms with E-state index in [2.05, 4.69) is 24.5 Å². The molecule has 0 aliphatic carbocycles. The largest absolute Gasteiger partial charge is 0.379 e. The first-order chi connectivity index (χ1) is 7.59. The molecule has 2 aliphatic rings. The summed E-state index contributed by atoms with van der Waals surface area (Å²) in [6.45, 7) is 6.45. The van der Waals surface area contributed by atoms with Crippen LogP contribution in [0.15, 0.2) is 0 Å². The van der Waals surface area contributed by atoms with Crippen molar-refractivity contribution in [3.8, 4) is 0 Å². The van der Waals surface area contributed by atoms with Crippen molar-refractivity contribution in [2.45, 2.75) is 44.7 Å². The lowest BCUT2D eigenvalue weighted by Crippen LogP contribution is -2.52. The normalized spacial score (nSPS) is 39.6. The molecule has 2 aliphatic heterocycles. The van der Waals surface area contributed by atoms with E-state index < -0.39 is 0 Å². The van der Waals surface area contributed by atoms with Gasteiger partial charge in [0.1, 0.15) is 0 Å². The maximum absolute atomic E-state index is 12.1. The summed E-state index contributed by atoms with van der Waals surface area (Å²) in [5.41, 5.74) is -0.139. The van der Waals surface area contributed by atoms with Crippen molar-refractivity contribution in [2.75, 3.05) is 19.8 Å². The zero-order valence-electron chi connectivity index (χ0n) is 10.2. The molecule has 0 aromatic heterocycles. The van der Waals surface area contributed by atoms with Gasteiger partial charge in [0.05, 0.1) is 18.1 Å². The van der Waals surface area contributed by atoms with Crippen LogP contribution < -0.4 is 10.6 Å². The molecule has 3 atom stereocenters. The molecule has 0 bridgehead atoms. The van der Waals surface area contributed by atoms with Gasteiger partial charge in [-0.25, -0.2) is 0 Å². The van der Waals surface area contributed by atoms with Crippen molar-refractivity contribution in [1.82, 2.24) is 10.6 Å². The molecule has 4 nitrogen and oxygen atoms in total. The highest BCUT2D eigenvalue weighted by atomic mass is 16.5. The van der Waals surface area contributed by atoms with Crippen LogP contribution in [0.25, 0.3) is 0 Å². The SMILES string of the molecule is CC1CCC(C(=O)NC2(C)CCOC2)CN1. The Bertz CT molecular complexity index is 254. The van der Waals surface area contributed by atoms with Gasteiger partial charge < -0.3 is 15.4 Å². The number of nitrogens with one attached hydrogen (secondary N) is 2. The topological polar surface area (TPSA) is 50.4 Å². The van der Waals surface area contributed by atoms with Gasteiger partial charge in [-0.05, 0) is 33.1 Å². The molecule has 2 heterocycles. The third-order valence-corrected chi connectivity index (χ3v) is 3.68. The fourth-order valence-electron chi connectivity index (χ4n) is 2.39. The number of amides is 1. The molecule has 2 N–H and O–H groups in total. The Labute approximate surface area is 97.1 Å². The maximum Gasteiger partial charge on any atom is 0.224 e. The molecule has 0 radical (unpaired) electrons. The molecule has 3 unspecified atom stereocenters. The van der Waals surface area contributed by atoms with Crippen molar-refractivity contribution in [1.29, 1.82) is 0 Å². The van der Waals surface area contributed by atoms with Crippen LogP contribution in [0.5, 0.6) is 0 Å². The van der Waals surface area contributed by atoms with Crippen molar-refractivity contribution in [3.05, 3.63) is 0 Å². The van der Waals surface area contributed by atoms with Crippen LogP contribution in [0.3, 0.4) is 0 Å². The second kappa shape index (κ2) is 4.72. The van der Waals surface area contributed by atoms with Gasteiger partial charge in [0, 0.05) is 19.2 Å². The summed E-state index contributed by atoms with van der Waals surface area (Å²) < 4.78 is 5.34. The molecule has 0 saturated carbocycles. The predicted octanol–water partition coefficient (Wildman–Crippen LogP) is 0.670. The van der Waals surface area contributed by atoms with Gasteiger partial charge in [-0.15, -0.1) is 0 Å². The molecule has 1 amide bonds. The minimum Gasteiger partial charge on any atom is -0.379 e. The second-order valence-corrected chi connectivity index (χ2v) is 5.44. The number of piperidine rings is 1. The lowest BCUT2D eigenvalue weighted by molar-refractivity contribution is -0.127. The molecule has 2 rings (SSSR count). The van der Waals surface area contributed by atoms with Crippen LogP contribution in [0.2, 0.25) is 0 Å². The van der Waals surface area contributed by atoms with Gasteiger partial charge in [0.25, 0.3) is 0 Å². The number of hydrogen-bond acceptors (Lipinski definition) is 3. The molecule has 4 heteroatoms. The van der Waals surface area contributed by atoms with E-state index in [-0.39, 0.29) is 17.4 Å². The van der Waals surface area contributed by atoms with E-state index in [1.165, 1.54) is 0 Å². The summed E-state index contributed by atoms with van der Waals surface area (Å²) in [5.74, 6) is 0.320. The third-order valence-electron chi connectivity index (χ3n) is 3.68. The van der Waals surface area contributed by atoms with E-state index in [0.717, 1.165) is 32.4 Å². The van der Waals surface area contributed by atoms with E-state index in [9.17, 15) is 4.79 Å². The van der Waals surface area contributed by atoms with Crippen LogP contribution in [0.1, 0.15) is 33.1 Å². The van der Waals surface area contributed by atoms with Gasteiger partial charge in [0.15, 0.2) is 0 Å². The summed E-state index contributed by atoms with van der Waals surface area (Å²) in [4.78, 5) is 12.1. The minimum absolute atomic E-state index is 0.133. The van der Waals surface area contributed by atoms with Gasteiger partial charge in [-0.1, -0.05) is 0 Å². The zero-order valence-corrected chi connectivity index (χ0v) is 10.2. The summed E-state index contributed by atoms with van der Waals surface area (Å²) in [7, 11) is 0. The predicted molar refractivity (Wildman–Crippen MR) is 62.2 cm³/mol. The maximum atomic E-state index is 12.1. The smallest absolute Gasteiger partial charge is 0.224 e. The Balaban J connectivity index is 1.83. The summed E-state index contributed by atoms with van der Waals surface area (Å²) >= 11 is 0. The molecule has 0 spiro atoms. The Hall–Kier alpha value is -0.610. The quantitative estimate of drug-likeness (QED) is 0.727. The van der Waals surface area contributed by atoms with Crippen molar-refractivity contribution >= 4 is 5.91 Å². The highest BCUT2D eigenvalue weighted by Crippen LogP contribution is 2.20. The van der Waals surface area contributed by atoms with Crippen LogP contribution >= 0.6 is 0 Å². The lowest BCUT2D eigenvalue weighted by atomic mass is 9.93. The molecule has 0 aromatic carbocycles. The van der Waals surface area contributed by atoms with Crippen LogP contribution in [0, 0.1) is 5.92 Å². The van der Waals surface area contributed by atoms with Gasteiger partial charge >= 0.3 is 0 Å². The standard InChI is InChI=1S/C12H22N2O2/c1-9-3-4-10(7-13-9)11(15)14-12(2)5-6-16-8-12/h9-10,13H,3-8H2,1-2H3,(H,14,15). The van der Waals surface area contributed by atoms with Crippen LogP contribution in [0.4, 0.5) is 0 Å². The summed E-state index contributed by atoms with van der Waals surface area (Å²) in [6.07, 6.45) is 3.01.